The third-order valence-corrected chi connectivity index (χ3v) is 4.30. The topological polar surface area (TPSA) is 41.7 Å². The molecule has 1 aliphatic rings. The highest BCUT2D eigenvalue weighted by atomic mass is 16.5. The van der Waals surface area contributed by atoms with Crippen LogP contribution in [0.25, 0.3) is 0 Å². The maximum absolute atomic E-state index is 6.17. The molecule has 0 amide bonds. The van der Waals surface area contributed by atoms with Gasteiger partial charge in [-0.25, -0.2) is 0 Å². The van der Waals surface area contributed by atoms with Gasteiger partial charge in [-0.2, -0.15) is 0 Å². The fraction of sp³-hybridized carbons (Fsp3) is 0.625. The molecule has 20 heavy (non-hydrogen) atoms. The van der Waals surface area contributed by atoms with Crippen molar-refractivity contribution < 1.29 is 4.74 Å². The Labute approximate surface area is 122 Å². The minimum atomic E-state index is -0.0325. The van der Waals surface area contributed by atoms with Crippen LogP contribution in [0.2, 0.25) is 0 Å². The second kappa shape index (κ2) is 6.02. The van der Waals surface area contributed by atoms with Crippen molar-refractivity contribution in [2.45, 2.75) is 25.9 Å². The average molecular weight is 277 g/mol. The largest absolute Gasteiger partial charge is 0.496 e. The molecular weight excluding hydrogens is 250 g/mol. The van der Waals surface area contributed by atoms with Crippen molar-refractivity contribution in [3.05, 3.63) is 23.8 Å². The minimum Gasteiger partial charge on any atom is -0.496 e. The number of nitrogens with zero attached hydrogens (tertiary/aromatic N) is 2. The average Bonchev–Trinajstić information content (AvgIpc) is 2.79. The van der Waals surface area contributed by atoms with Gasteiger partial charge < -0.3 is 20.3 Å². The molecule has 2 rings (SSSR count). The van der Waals surface area contributed by atoms with Gasteiger partial charge >= 0.3 is 0 Å². The second-order valence-corrected chi connectivity index (χ2v) is 6.09. The van der Waals surface area contributed by atoms with Crippen LogP contribution in [-0.4, -0.2) is 45.2 Å². The summed E-state index contributed by atoms with van der Waals surface area (Å²) in [5.74, 6) is 1.54. The van der Waals surface area contributed by atoms with E-state index in [1.54, 1.807) is 7.11 Å². The normalized spacial score (nSPS) is 24.2. The number of likely N-dealkylation sites (N-methyl/N-ethyl adjacent to an activating group) is 1. The van der Waals surface area contributed by atoms with Crippen LogP contribution < -0.4 is 15.4 Å². The number of hydrogen-bond donors (Lipinski definition) is 1. The SMILES string of the molecule is COc1cccc(N2CC(C)C(N(C)C)C2)c1[C@H](C)N. The predicted molar refractivity (Wildman–Crippen MR) is 84.4 cm³/mol. The first kappa shape index (κ1) is 15.1. The first-order valence-corrected chi connectivity index (χ1v) is 7.29. The van der Waals surface area contributed by atoms with Gasteiger partial charge in [0.1, 0.15) is 5.75 Å². The van der Waals surface area contributed by atoms with Crippen LogP contribution in [0.3, 0.4) is 0 Å². The van der Waals surface area contributed by atoms with Crippen LogP contribution in [0, 0.1) is 5.92 Å². The van der Waals surface area contributed by atoms with Gasteiger partial charge in [-0.1, -0.05) is 13.0 Å². The summed E-state index contributed by atoms with van der Waals surface area (Å²) in [6.07, 6.45) is 0. The molecule has 0 spiro atoms. The van der Waals surface area contributed by atoms with E-state index in [2.05, 4.69) is 36.9 Å². The molecule has 1 aliphatic heterocycles. The number of nitrogens with two attached hydrogens (primary N) is 1. The molecular formula is C16H27N3O. The van der Waals surface area contributed by atoms with Crippen LogP contribution >= 0.6 is 0 Å². The van der Waals surface area contributed by atoms with Crippen LogP contribution in [0.1, 0.15) is 25.5 Å². The maximum Gasteiger partial charge on any atom is 0.125 e. The summed E-state index contributed by atoms with van der Waals surface area (Å²) in [6, 6.07) is 6.75. The molecule has 4 nitrogen and oxygen atoms in total. The van der Waals surface area contributed by atoms with E-state index in [1.165, 1.54) is 5.69 Å². The highest BCUT2D eigenvalue weighted by molar-refractivity contribution is 5.61. The van der Waals surface area contributed by atoms with E-state index in [-0.39, 0.29) is 6.04 Å². The fourth-order valence-corrected chi connectivity index (χ4v) is 3.26. The summed E-state index contributed by atoms with van der Waals surface area (Å²) in [6.45, 7) is 6.44. The molecule has 1 heterocycles. The summed E-state index contributed by atoms with van der Waals surface area (Å²) >= 11 is 0. The molecule has 1 saturated heterocycles. The predicted octanol–water partition coefficient (Wildman–Crippen LogP) is 2.10. The van der Waals surface area contributed by atoms with Crippen molar-refractivity contribution in [3.63, 3.8) is 0 Å². The van der Waals surface area contributed by atoms with E-state index < -0.39 is 0 Å². The maximum atomic E-state index is 6.17. The van der Waals surface area contributed by atoms with E-state index >= 15 is 0 Å². The summed E-state index contributed by atoms with van der Waals surface area (Å²) < 4.78 is 5.49. The summed E-state index contributed by atoms with van der Waals surface area (Å²) in [4.78, 5) is 4.76. The first-order valence-electron chi connectivity index (χ1n) is 7.29. The zero-order valence-corrected chi connectivity index (χ0v) is 13.3. The van der Waals surface area contributed by atoms with E-state index in [0.29, 0.717) is 12.0 Å². The van der Waals surface area contributed by atoms with E-state index in [4.69, 9.17) is 10.5 Å². The molecule has 0 bridgehead atoms. The van der Waals surface area contributed by atoms with Gasteiger partial charge in [0.15, 0.2) is 0 Å². The van der Waals surface area contributed by atoms with Crippen molar-refractivity contribution in [2.24, 2.45) is 11.7 Å². The Morgan fingerprint density at radius 2 is 2.05 bits per heavy atom. The van der Waals surface area contributed by atoms with Crippen molar-refractivity contribution >= 4 is 5.69 Å². The lowest BCUT2D eigenvalue weighted by Crippen LogP contribution is -2.34. The minimum absolute atomic E-state index is 0.0325. The van der Waals surface area contributed by atoms with Crippen molar-refractivity contribution in [2.75, 3.05) is 39.2 Å². The zero-order valence-electron chi connectivity index (χ0n) is 13.3. The lowest BCUT2D eigenvalue weighted by atomic mass is 10.0. The lowest BCUT2D eigenvalue weighted by Gasteiger charge is -2.26. The molecule has 2 unspecified atom stereocenters. The first-order chi connectivity index (χ1) is 9.45. The molecule has 3 atom stereocenters. The van der Waals surface area contributed by atoms with Crippen LogP contribution in [0.5, 0.6) is 5.75 Å². The Balaban J connectivity index is 2.34. The Morgan fingerprint density at radius 3 is 2.55 bits per heavy atom. The highest BCUT2D eigenvalue weighted by Crippen LogP contribution is 2.36. The van der Waals surface area contributed by atoms with Gasteiger partial charge in [0.25, 0.3) is 0 Å². The number of methoxy groups -OCH3 is 1. The smallest absolute Gasteiger partial charge is 0.125 e. The highest BCUT2D eigenvalue weighted by Gasteiger charge is 2.32. The van der Waals surface area contributed by atoms with Crippen LogP contribution in [-0.2, 0) is 0 Å². The van der Waals surface area contributed by atoms with Gasteiger partial charge in [0, 0.05) is 36.4 Å². The van der Waals surface area contributed by atoms with Gasteiger partial charge in [-0.3, -0.25) is 0 Å². The Kier molecular flexibility index (Phi) is 4.55. The molecule has 1 aromatic carbocycles. The fourth-order valence-electron chi connectivity index (χ4n) is 3.26. The molecule has 0 radical (unpaired) electrons. The number of anilines is 1. The molecule has 112 valence electrons. The third-order valence-electron chi connectivity index (χ3n) is 4.30. The molecule has 1 fully saturated rings. The second-order valence-electron chi connectivity index (χ2n) is 6.09. The van der Waals surface area contributed by atoms with Crippen LogP contribution in [0.4, 0.5) is 5.69 Å². The van der Waals surface area contributed by atoms with Crippen molar-refractivity contribution in [1.29, 1.82) is 0 Å². The summed E-state index contributed by atoms with van der Waals surface area (Å²) in [5, 5.41) is 0. The van der Waals surface area contributed by atoms with Gasteiger partial charge in [0.05, 0.1) is 7.11 Å². The van der Waals surface area contributed by atoms with Crippen LogP contribution in [0.15, 0.2) is 18.2 Å². The summed E-state index contributed by atoms with van der Waals surface area (Å²) in [5.41, 5.74) is 8.50. The number of ether oxygens (including phenoxy) is 1. The zero-order chi connectivity index (χ0) is 14.9. The van der Waals surface area contributed by atoms with E-state index in [1.807, 2.05) is 19.1 Å². The molecule has 0 aromatic heterocycles. The molecule has 0 aliphatic carbocycles. The van der Waals surface area contributed by atoms with Gasteiger partial charge in [0.2, 0.25) is 0 Å². The van der Waals surface area contributed by atoms with E-state index in [0.717, 1.165) is 24.4 Å². The molecule has 4 heteroatoms. The lowest BCUT2D eigenvalue weighted by molar-refractivity contribution is 0.266. The Bertz CT molecular complexity index is 459. The number of benzene rings is 1. The standard InChI is InChI=1S/C16H27N3O/c1-11-9-19(10-14(11)18(3)4)13-7-6-8-15(20-5)16(13)12(2)17/h6-8,11-12,14H,9-10,17H2,1-5H3/t11?,12-,14?/m0/s1. The van der Waals surface area contributed by atoms with Gasteiger partial charge in [-0.15, -0.1) is 0 Å². The van der Waals surface area contributed by atoms with Gasteiger partial charge in [-0.05, 0) is 39.1 Å². The Morgan fingerprint density at radius 1 is 1.35 bits per heavy atom. The molecule has 1 aromatic rings. The monoisotopic (exact) mass is 277 g/mol. The summed E-state index contributed by atoms with van der Waals surface area (Å²) in [7, 11) is 6.02. The van der Waals surface area contributed by atoms with Crippen molar-refractivity contribution in [1.82, 2.24) is 4.90 Å². The van der Waals surface area contributed by atoms with E-state index in [9.17, 15) is 0 Å². The Hall–Kier alpha value is -1.26. The molecule has 2 N–H and O–H groups in total. The number of hydrogen-bond acceptors (Lipinski definition) is 4. The number of rotatable bonds is 4. The quantitative estimate of drug-likeness (QED) is 0.915. The third kappa shape index (κ3) is 2.76. The molecule has 0 saturated carbocycles. The van der Waals surface area contributed by atoms with Crippen molar-refractivity contribution in [3.8, 4) is 5.75 Å².